The average molecular weight is 497 g/mol. The van der Waals surface area contributed by atoms with Crippen LogP contribution in [-0.2, 0) is 19.1 Å². The number of rotatable bonds is 24. The van der Waals surface area contributed by atoms with Gasteiger partial charge in [0.05, 0.1) is 19.1 Å². The molecule has 35 heavy (non-hydrogen) atoms. The Labute approximate surface area is 218 Å². The number of esters is 2. The van der Waals surface area contributed by atoms with E-state index in [9.17, 15) is 9.59 Å². The largest absolute Gasteiger partial charge is 0.466 e. The van der Waals surface area contributed by atoms with Crippen molar-refractivity contribution in [2.75, 3.05) is 13.2 Å². The summed E-state index contributed by atoms with van der Waals surface area (Å²) in [4.78, 5) is 24.3. The molecule has 0 radical (unpaired) electrons. The molecule has 0 aromatic rings. The molecule has 0 aliphatic carbocycles. The van der Waals surface area contributed by atoms with Gasteiger partial charge in [-0.15, -0.1) is 0 Å². The van der Waals surface area contributed by atoms with Gasteiger partial charge in [0, 0.05) is 6.42 Å². The lowest BCUT2D eigenvalue weighted by Crippen LogP contribution is -2.25. The monoisotopic (exact) mass is 496 g/mol. The van der Waals surface area contributed by atoms with Crippen LogP contribution in [0.25, 0.3) is 0 Å². The standard InChI is InChI=1S/C31H60O4/c1-7-28(29(8-2)31(33)35-25-19-21-27(5)6)22-16-14-12-10-9-11-13-15-17-23-30(32)34-24-18-20-26(3)4/h26-29H,7-25H2,1-6H3. The van der Waals surface area contributed by atoms with Crippen LogP contribution in [0, 0.1) is 23.7 Å². The van der Waals surface area contributed by atoms with E-state index in [2.05, 4.69) is 41.5 Å². The zero-order valence-corrected chi connectivity index (χ0v) is 24.4. The van der Waals surface area contributed by atoms with Crippen molar-refractivity contribution in [1.29, 1.82) is 0 Å². The molecule has 2 atom stereocenters. The van der Waals surface area contributed by atoms with Gasteiger partial charge in [-0.3, -0.25) is 9.59 Å². The van der Waals surface area contributed by atoms with Crippen LogP contribution < -0.4 is 0 Å². The molecule has 4 heteroatoms. The van der Waals surface area contributed by atoms with Crippen molar-refractivity contribution in [2.45, 2.75) is 151 Å². The summed E-state index contributed by atoms with van der Waals surface area (Å²) in [7, 11) is 0. The fourth-order valence-corrected chi connectivity index (χ4v) is 4.82. The van der Waals surface area contributed by atoms with Gasteiger partial charge < -0.3 is 9.47 Å². The van der Waals surface area contributed by atoms with Crippen molar-refractivity contribution in [2.24, 2.45) is 23.7 Å². The van der Waals surface area contributed by atoms with Gasteiger partial charge >= 0.3 is 11.9 Å². The quantitative estimate of drug-likeness (QED) is 0.0986. The Hall–Kier alpha value is -1.06. The molecule has 4 nitrogen and oxygen atoms in total. The summed E-state index contributed by atoms with van der Waals surface area (Å²) in [6, 6.07) is 0. The molecule has 0 spiro atoms. The molecule has 0 saturated carbocycles. The summed E-state index contributed by atoms with van der Waals surface area (Å²) in [6.07, 6.45) is 18.8. The number of hydrogen-bond acceptors (Lipinski definition) is 4. The van der Waals surface area contributed by atoms with Crippen molar-refractivity contribution in [3.63, 3.8) is 0 Å². The van der Waals surface area contributed by atoms with Gasteiger partial charge in [-0.25, -0.2) is 0 Å². The second-order valence-electron chi connectivity index (χ2n) is 11.4. The van der Waals surface area contributed by atoms with Crippen LogP contribution in [0.1, 0.15) is 151 Å². The minimum absolute atomic E-state index is 0.0242. The van der Waals surface area contributed by atoms with Crippen molar-refractivity contribution in [1.82, 2.24) is 0 Å². The molecule has 0 aromatic heterocycles. The first-order valence-electron chi connectivity index (χ1n) is 15.1. The van der Waals surface area contributed by atoms with Crippen LogP contribution in [0.4, 0.5) is 0 Å². The van der Waals surface area contributed by atoms with Gasteiger partial charge in [0.15, 0.2) is 0 Å². The molecule has 2 unspecified atom stereocenters. The Morgan fingerprint density at radius 2 is 1.06 bits per heavy atom. The summed E-state index contributed by atoms with van der Waals surface area (Å²) in [5.41, 5.74) is 0. The highest BCUT2D eigenvalue weighted by molar-refractivity contribution is 5.72. The first-order valence-corrected chi connectivity index (χ1v) is 15.1. The summed E-state index contributed by atoms with van der Waals surface area (Å²) >= 11 is 0. The third-order valence-corrected chi connectivity index (χ3v) is 7.15. The number of hydrogen-bond donors (Lipinski definition) is 0. The molecule has 0 saturated heterocycles. The summed E-state index contributed by atoms with van der Waals surface area (Å²) in [5.74, 6) is 1.87. The lowest BCUT2D eigenvalue weighted by atomic mass is 9.84. The number of unbranched alkanes of at least 4 members (excludes halogenated alkanes) is 8. The van der Waals surface area contributed by atoms with Crippen LogP contribution in [0.3, 0.4) is 0 Å². The Bertz CT molecular complexity index is 500. The van der Waals surface area contributed by atoms with Crippen molar-refractivity contribution >= 4 is 11.9 Å². The maximum atomic E-state index is 12.6. The number of carbonyl (C=O) groups excluding carboxylic acids is 2. The maximum Gasteiger partial charge on any atom is 0.309 e. The third kappa shape index (κ3) is 20.8. The molecule has 0 aliphatic heterocycles. The topological polar surface area (TPSA) is 52.6 Å². The van der Waals surface area contributed by atoms with E-state index in [4.69, 9.17) is 9.47 Å². The third-order valence-electron chi connectivity index (χ3n) is 7.15. The number of carbonyl (C=O) groups is 2. The molecule has 0 fully saturated rings. The van der Waals surface area contributed by atoms with E-state index >= 15 is 0 Å². The molecule has 0 N–H and O–H groups in total. The normalized spacial score (nSPS) is 13.3. The van der Waals surface area contributed by atoms with E-state index in [1.807, 2.05) is 0 Å². The summed E-state index contributed by atoms with van der Waals surface area (Å²) in [6.45, 7) is 14.3. The summed E-state index contributed by atoms with van der Waals surface area (Å²) < 4.78 is 10.9. The Kier molecular flexibility index (Phi) is 22.6. The fourth-order valence-electron chi connectivity index (χ4n) is 4.82. The average Bonchev–Trinajstić information content (AvgIpc) is 2.81. The van der Waals surface area contributed by atoms with Gasteiger partial charge in [-0.05, 0) is 62.7 Å². The van der Waals surface area contributed by atoms with Crippen LogP contribution in [0.15, 0.2) is 0 Å². The molecule has 0 rings (SSSR count). The van der Waals surface area contributed by atoms with Crippen molar-refractivity contribution in [3.05, 3.63) is 0 Å². The lowest BCUT2D eigenvalue weighted by molar-refractivity contribution is -0.151. The highest BCUT2D eigenvalue weighted by Gasteiger charge is 2.26. The maximum absolute atomic E-state index is 12.6. The van der Waals surface area contributed by atoms with Crippen LogP contribution >= 0.6 is 0 Å². The first-order chi connectivity index (χ1) is 16.8. The smallest absolute Gasteiger partial charge is 0.309 e. The Morgan fingerprint density at radius 1 is 0.571 bits per heavy atom. The van der Waals surface area contributed by atoms with E-state index in [1.54, 1.807) is 0 Å². The first kappa shape index (κ1) is 33.9. The predicted octanol–water partition coefficient (Wildman–Crippen LogP) is 9.29. The zero-order chi connectivity index (χ0) is 26.3. The predicted molar refractivity (Wildman–Crippen MR) is 148 cm³/mol. The molecular formula is C31H60O4. The highest BCUT2D eigenvalue weighted by Crippen LogP contribution is 2.27. The minimum atomic E-state index is -0.0242. The van der Waals surface area contributed by atoms with Crippen molar-refractivity contribution < 1.29 is 19.1 Å². The van der Waals surface area contributed by atoms with Crippen LogP contribution in [0.5, 0.6) is 0 Å². The molecule has 0 amide bonds. The molecule has 0 aliphatic rings. The van der Waals surface area contributed by atoms with Crippen molar-refractivity contribution in [3.8, 4) is 0 Å². The minimum Gasteiger partial charge on any atom is -0.466 e. The molecule has 0 aromatic carbocycles. The molecule has 0 heterocycles. The van der Waals surface area contributed by atoms with Gasteiger partial charge in [-0.2, -0.15) is 0 Å². The van der Waals surface area contributed by atoms with Crippen LogP contribution in [-0.4, -0.2) is 25.2 Å². The Morgan fingerprint density at radius 3 is 1.54 bits per heavy atom. The van der Waals surface area contributed by atoms with E-state index in [1.165, 1.54) is 44.9 Å². The van der Waals surface area contributed by atoms with Gasteiger partial charge in [0.1, 0.15) is 0 Å². The molecule has 208 valence electrons. The van der Waals surface area contributed by atoms with E-state index in [0.717, 1.165) is 57.8 Å². The zero-order valence-electron chi connectivity index (χ0n) is 24.4. The highest BCUT2D eigenvalue weighted by atomic mass is 16.5. The lowest BCUT2D eigenvalue weighted by Gasteiger charge is -2.24. The Balaban J connectivity index is 3.72. The second kappa shape index (κ2) is 23.3. The second-order valence-corrected chi connectivity index (χ2v) is 11.4. The van der Waals surface area contributed by atoms with E-state index in [0.29, 0.717) is 37.4 Å². The van der Waals surface area contributed by atoms with E-state index < -0.39 is 0 Å². The van der Waals surface area contributed by atoms with E-state index in [-0.39, 0.29) is 17.9 Å². The van der Waals surface area contributed by atoms with Crippen LogP contribution in [0.2, 0.25) is 0 Å². The SMILES string of the molecule is CCC(CCCCCCCCCCCC(=O)OCCCC(C)C)C(CC)C(=O)OCCCC(C)C. The number of ether oxygens (including phenoxy) is 2. The molecular weight excluding hydrogens is 436 g/mol. The van der Waals surface area contributed by atoms with Gasteiger partial charge in [0.25, 0.3) is 0 Å². The molecule has 0 bridgehead atoms. The van der Waals surface area contributed by atoms with Gasteiger partial charge in [-0.1, -0.05) is 99.3 Å². The fraction of sp³-hybridized carbons (Fsp3) is 0.935. The summed E-state index contributed by atoms with van der Waals surface area (Å²) in [5, 5.41) is 0. The van der Waals surface area contributed by atoms with Gasteiger partial charge in [0.2, 0.25) is 0 Å².